The van der Waals surface area contributed by atoms with Crippen molar-refractivity contribution in [3.8, 4) is 0 Å². The normalized spacial score (nSPS) is 18.6. The van der Waals surface area contributed by atoms with Crippen LogP contribution in [0.15, 0.2) is 65.8 Å². The lowest BCUT2D eigenvalue weighted by Gasteiger charge is -2.26. The summed E-state index contributed by atoms with van der Waals surface area (Å²) in [4.78, 5) is 32.3. The van der Waals surface area contributed by atoms with Crippen molar-refractivity contribution >= 4 is 34.5 Å². The van der Waals surface area contributed by atoms with Crippen molar-refractivity contribution in [2.45, 2.75) is 19.9 Å². The van der Waals surface area contributed by atoms with E-state index in [4.69, 9.17) is 0 Å². The Labute approximate surface area is 166 Å². The van der Waals surface area contributed by atoms with Gasteiger partial charge in [0, 0.05) is 28.5 Å². The molecule has 0 radical (unpaired) electrons. The van der Waals surface area contributed by atoms with Crippen molar-refractivity contribution in [2.24, 2.45) is 0 Å². The Morgan fingerprint density at radius 1 is 1.07 bits per heavy atom. The van der Waals surface area contributed by atoms with Gasteiger partial charge in [0.2, 0.25) is 0 Å². The Hall–Kier alpha value is -3.25. The number of anilines is 1. The second-order valence-corrected chi connectivity index (χ2v) is 7.62. The summed E-state index contributed by atoms with van der Waals surface area (Å²) in [5, 5.41) is 12.8. The predicted octanol–water partition coefficient (Wildman–Crippen LogP) is 4.39. The van der Waals surface area contributed by atoms with Gasteiger partial charge in [-0.2, -0.15) is 0 Å². The fraction of sp³-hybridized carbons (Fsp3) is 0.136. The van der Waals surface area contributed by atoms with Gasteiger partial charge in [-0.15, -0.1) is 11.3 Å². The smallest absolute Gasteiger partial charge is 0.300 e. The molecule has 1 fully saturated rings. The Balaban J connectivity index is 1.97. The molecular formula is C22H18N2O3S. The summed E-state index contributed by atoms with van der Waals surface area (Å²) < 4.78 is 0. The molecule has 1 N–H and O–H groups in total. The first kappa shape index (κ1) is 18.1. The molecule has 140 valence electrons. The van der Waals surface area contributed by atoms with Crippen LogP contribution in [0.4, 0.5) is 5.69 Å². The molecular weight excluding hydrogens is 372 g/mol. The Morgan fingerprint density at radius 2 is 1.82 bits per heavy atom. The Kier molecular flexibility index (Phi) is 4.57. The van der Waals surface area contributed by atoms with E-state index in [2.05, 4.69) is 4.98 Å². The minimum absolute atomic E-state index is 0.0968. The molecule has 28 heavy (non-hydrogen) atoms. The molecule has 6 heteroatoms. The number of Topliss-reactive ketones (excluding diaryl/α,β-unsaturated/α-hetero) is 1. The van der Waals surface area contributed by atoms with E-state index in [-0.39, 0.29) is 11.3 Å². The second kappa shape index (κ2) is 7.05. The number of pyridine rings is 1. The number of benzene rings is 1. The van der Waals surface area contributed by atoms with Crippen LogP contribution in [0, 0.1) is 13.8 Å². The lowest BCUT2D eigenvalue weighted by Crippen LogP contribution is -2.29. The highest BCUT2D eigenvalue weighted by Gasteiger charge is 2.47. The van der Waals surface area contributed by atoms with E-state index in [1.807, 2.05) is 49.6 Å². The van der Waals surface area contributed by atoms with Gasteiger partial charge in [0.25, 0.3) is 11.7 Å². The molecule has 2 aromatic heterocycles. The van der Waals surface area contributed by atoms with Gasteiger partial charge in [0.1, 0.15) is 11.8 Å². The summed E-state index contributed by atoms with van der Waals surface area (Å²) in [6, 6.07) is 12.0. The maximum atomic E-state index is 13.0. The van der Waals surface area contributed by atoms with Crippen molar-refractivity contribution in [3.63, 3.8) is 0 Å². The number of rotatable bonds is 3. The molecule has 0 spiro atoms. The number of carbonyl (C=O) groups is 2. The van der Waals surface area contributed by atoms with Crippen LogP contribution < -0.4 is 4.90 Å². The number of aryl methyl sites for hydroxylation is 1. The number of hydrogen-bond acceptors (Lipinski definition) is 5. The van der Waals surface area contributed by atoms with Crippen LogP contribution in [0.25, 0.3) is 5.76 Å². The number of carbonyl (C=O) groups excluding carboxylic acids is 2. The van der Waals surface area contributed by atoms with E-state index in [1.54, 1.807) is 12.1 Å². The van der Waals surface area contributed by atoms with Gasteiger partial charge in [-0.3, -0.25) is 19.5 Å². The van der Waals surface area contributed by atoms with Crippen molar-refractivity contribution in [1.29, 1.82) is 0 Å². The number of aromatic nitrogens is 1. The van der Waals surface area contributed by atoms with Crippen molar-refractivity contribution in [3.05, 3.63) is 87.4 Å². The van der Waals surface area contributed by atoms with Gasteiger partial charge < -0.3 is 5.11 Å². The maximum absolute atomic E-state index is 13.0. The van der Waals surface area contributed by atoms with Gasteiger partial charge in [0.05, 0.1) is 5.57 Å². The van der Waals surface area contributed by atoms with Crippen molar-refractivity contribution < 1.29 is 14.7 Å². The maximum Gasteiger partial charge on any atom is 0.300 e. The minimum atomic E-state index is -0.686. The van der Waals surface area contributed by atoms with Crippen LogP contribution in [0.5, 0.6) is 0 Å². The topological polar surface area (TPSA) is 70.5 Å². The first-order valence-electron chi connectivity index (χ1n) is 8.81. The summed E-state index contributed by atoms with van der Waals surface area (Å²) in [6.45, 7) is 3.89. The fourth-order valence-electron chi connectivity index (χ4n) is 3.46. The minimum Gasteiger partial charge on any atom is -0.507 e. The standard InChI is InChI=1S/C22H18N2O3S/c1-13-5-3-6-16(14(13)2)24-19(17-7-4-12-28-17)18(21(26)22(24)27)20(25)15-8-10-23-11-9-15/h3-12,19,25H,1-2H3/b20-18-. The molecule has 3 heterocycles. The van der Waals surface area contributed by atoms with E-state index in [0.717, 1.165) is 16.0 Å². The number of amides is 1. The first-order valence-corrected chi connectivity index (χ1v) is 9.69. The molecule has 1 aliphatic rings. The summed E-state index contributed by atoms with van der Waals surface area (Å²) in [7, 11) is 0. The average molecular weight is 390 g/mol. The van der Waals surface area contributed by atoms with Crippen LogP contribution in [0.3, 0.4) is 0 Å². The van der Waals surface area contributed by atoms with E-state index in [1.165, 1.54) is 28.6 Å². The van der Waals surface area contributed by atoms with Crippen molar-refractivity contribution in [2.75, 3.05) is 4.90 Å². The van der Waals surface area contributed by atoms with Crippen LogP contribution in [0.2, 0.25) is 0 Å². The van der Waals surface area contributed by atoms with Crippen LogP contribution >= 0.6 is 11.3 Å². The van der Waals surface area contributed by atoms with Gasteiger partial charge in [-0.05, 0) is 54.6 Å². The van der Waals surface area contributed by atoms with Gasteiger partial charge >= 0.3 is 0 Å². The second-order valence-electron chi connectivity index (χ2n) is 6.64. The highest BCUT2D eigenvalue weighted by Crippen LogP contribution is 2.44. The Morgan fingerprint density at radius 3 is 2.50 bits per heavy atom. The fourth-order valence-corrected chi connectivity index (χ4v) is 4.28. The molecule has 3 aromatic rings. The third kappa shape index (κ3) is 2.82. The number of aliphatic hydroxyl groups is 1. The van der Waals surface area contributed by atoms with Crippen LogP contribution in [0.1, 0.15) is 27.6 Å². The number of ketones is 1. The number of thiophene rings is 1. The molecule has 1 aromatic carbocycles. The summed E-state index contributed by atoms with van der Waals surface area (Å²) in [5.41, 5.74) is 3.18. The summed E-state index contributed by atoms with van der Waals surface area (Å²) >= 11 is 1.45. The number of hydrogen-bond donors (Lipinski definition) is 1. The zero-order valence-corrected chi connectivity index (χ0v) is 16.2. The van der Waals surface area contributed by atoms with Crippen molar-refractivity contribution in [1.82, 2.24) is 4.98 Å². The predicted molar refractivity (Wildman–Crippen MR) is 109 cm³/mol. The molecule has 1 aliphatic heterocycles. The van der Waals surface area contributed by atoms with E-state index < -0.39 is 17.7 Å². The molecule has 0 bridgehead atoms. The van der Waals surface area contributed by atoms with Crippen LogP contribution in [-0.2, 0) is 9.59 Å². The first-order chi connectivity index (χ1) is 13.5. The highest BCUT2D eigenvalue weighted by atomic mass is 32.1. The molecule has 0 aliphatic carbocycles. The molecule has 1 unspecified atom stereocenters. The van der Waals surface area contributed by atoms with E-state index in [0.29, 0.717) is 11.3 Å². The molecule has 1 saturated heterocycles. The molecule has 1 atom stereocenters. The third-order valence-electron chi connectivity index (χ3n) is 5.05. The zero-order valence-electron chi connectivity index (χ0n) is 15.4. The molecule has 4 rings (SSSR count). The van der Waals surface area contributed by atoms with Gasteiger partial charge in [-0.1, -0.05) is 18.2 Å². The van der Waals surface area contributed by atoms with E-state index >= 15 is 0 Å². The number of nitrogens with zero attached hydrogens (tertiary/aromatic N) is 2. The van der Waals surface area contributed by atoms with E-state index in [9.17, 15) is 14.7 Å². The largest absolute Gasteiger partial charge is 0.507 e. The average Bonchev–Trinajstić information content (AvgIpc) is 3.32. The summed E-state index contributed by atoms with van der Waals surface area (Å²) in [6.07, 6.45) is 3.08. The third-order valence-corrected chi connectivity index (χ3v) is 5.97. The highest BCUT2D eigenvalue weighted by molar-refractivity contribution is 7.10. The SMILES string of the molecule is Cc1cccc(N2C(=O)C(=O)/C(=C(\O)c3ccncc3)C2c2cccs2)c1C. The van der Waals surface area contributed by atoms with Crippen LogP contribution in [-0.4, -0.2) is 21.8 Å². The molecule has 1 amide bonds. The molecule has 5 nitrogen and oxygen atoms in total. The van der Waals surface area contributed by atoms with Gasteiger partial charge in [-0.25, -0.2) is 0 Å². The lowest BCUT2D eigenvalue weighted by atomic mass is 9.99. The quantitative estimate of drug-likeness (QED) is 0.409. The zero-order chi connectivity index (χ0) is 19.8. The number of aliphatic hydroxyl groups excluding tert-OH is 1. The Bertz CT molecular complexity index is 1090. The molecule has 0 saturated carbocycles. The monoisotopic (exact) mass is 390 g/mol. The lowest BCUT2D eigenvalue weighted by molar-refractivity contribution is -0.132. The summed E-state index contributed by atoms with van der Waals surface area (Å²) in [5.74, 6) is -1.51. The van der Waals surface area contributed by atoms with Gasteiger partial charge in [0.15, 0.2) is 0 Å².